The second-order valence-corrected chi connectivity index (χ2v) is 19.1. The van der Waals surface area contributed by atoms with Gasteiger partial charge in [0, 0.05) is 19.3 Å². The number of carbonyl (C=O) groups excluding carboxylic acids is 3. The summed E-state index contributed by atoms with van der Waals surface area (Å²) in [5, 5.41) is 0. The highest BCUT2D eigenvalue weighted by molar-refractivity contribution is 5.71. The van der Waals surface area contributed by atoms with Gasteiger partial charge in [-0.15, -0.1) is 0 Å². The van der Waals surface area contributed by atoms with E-state index in [-0.39, 0.29) is 31.1 Å². The Balaban J connectivity index is 4.43. The van der Waals surface area contributed by atoms with Crippen LogP contribution in [0, 0.1) is 0 Å². The maximum absolute atomic E-state index is 12.9. The van der Waals surface area contributed by atoms with E-state index >= 15 is 0 Å². The van der Waals surface area contributed by atoms with Crippen LogP contribution in [-0.4, -0.2) is 37.2 Å². The minimum absolute atomic E-state index is 0.0921. The molecule has 0 fully saturated rings. The number of rotatable bonds is 52. The van der Waals surface area contributed by atoms with Crippen LogP contribution >= 0.6 is 0 Å². The van der Waals surface area contributed by atoms with Gasteiger partial charge in [-0.2, -0.15) is 0 Å². The summed E-state index contributed by atoms with van der Waals surface area (Å²) in [6, 6.07) is 0. The fourth-order valence-electron chi connectivity index (χ4n) is 7.97. The molecule has 6 nitrogen and oxygen atoms in total. The van der Waals surface area contributed by atoms with E-state index in [1.54, 1.807) is 0 Å². The molecule has 0 saturated carbocycles. The second kappa shape index (κ2) is 57.9. The average Bonchev–Trinajstić information content (AvgIpc) is 3.36. The minimum Gasteiger partial charge on any atom is -0.462 e. The molecule has 400 valence electrons. The van der Waals surface area contributed by atoms with Crippen LogP contribution in [0.5, 0.6) is 0 Å². The third-order valence-electron chi connectivity index (χ3n) is 12.3. The van der Waals surface area contributed by atoms with Gasteiger partial charge in [0.2, 0.25) is 0 Å². The molecular weight excluding hydrogens is 865 g/mol. The van der Waals surface area contributed by atoms with Crippen LogP contribution in [0.15, 0.2) is 97.2 Å². The number of hydrogen-bond acceptors (Lipinski definition) is 6. The maximum atomic E-state index is 12.9. The van der Waals surface area contributed by atoms with E-state index in [9.17, 15) is 14.4 Å². The summed E-state index contributed by atoms with van der Waals surface area (Å²) in [5.41, 5.74) is 0. The first-order valence-corrected chi connectivity index (χ1v) is 29.2. The van der Waals surface area contributed by atoms with E-state index in [2.05, 4.69) is 118 Å². The molecule has 0 rings (SSSR count). The SMILES string of the molecule is CC/C=C\C/C=C\C/C=C\C/C=C\CCCCCCCCC(=O)OCC(COC(=O)CCCCC/C=C\CCCCCCCCC)OC(=O)CCCCCCCCCCC/C=C\C/C=C\C/C=C\CC. The first-order valence-electron chi connectivity index (χ1n) is 29.2. The van der Waals surface area contributed by atoms with Gasteiger partial charge < -0.3 is 14.2 Å². The van der Waals surface area contributed by atoms with Gasteiger partial charge in [-0.05, 0) is 116 Å². The van der Waals surface area contributed by atoms with E-state index in [1.165, 1.54) is 103 Å². The van der Waals surface area contributed by atoms with Gasteiger partial charge in [0.1, 0.15) is 13.2 Å². The van der Waals surface area contributed by atoms with E-state index in [1.807, 2.05) is 0 Å². The van der Waals surface area contributed by atoms with Gasteiger partial charge in [-0.1, -0.05) is 234 Å². The number of hydrogen-bond donors (Lipinski definition) is 0. The summed E-state index contributed by atoms with van der Waals surface area (Å²) < 4.78 is 16.9. The zero-order valence-electron chi connectivity index (χ0n) is 45.8. The van der Waals surface area contributed by atoms with E-state index in [0.29, 0.717) is 19.3 Å². The normalized spacial score (nSPS) is 12.8. The number of allylic oxidation sites excluding steroid dienone is 16. The van der Waals surface area contributed by atoms with Crippen LogP contribution in [-0.2, 0) is 28.6 Å². The molecule has 0 aromatic heterocycles. The van der Waals surface area contributed by atoms with Crippen LogP contribution in [0.25, 0.3) is 0 Å². The van der Waals surface area contributed by atoms with Crippen LogP contribution in [0.3, 0.4) is 0 Å². The van der Waals surface area contributed by atoms with Crippen LogP contribution < -0.4 is 0 Å². The highest BCUT2D eigenvalue weighted by Crippen LogP contribution is 2.15. The second-order valence-electron chi connectivity index (χ2n) is 19.1. The van der Waals surface area contributed by atoms with Crippen molar-refractivity contribution in [3.8, 4) is 0 Å². The maximum Gasteiger partial charge on any atom is 0.306 e. The zero-order valence-corrected chi connectivity index (χ0v) is 45.8. The van der Waals surface area contributed by atoms with Gasteiger partial charge in [0.15, 0.2) is 6.10 Å². The molecule has 0 N–H and O–H groups in total. The molecule has 0 aromatic rings. The predicted molar refractivity (Wildman–Crippen MR) is 302 cm³/mol. The van der Waals surface area contributed by atoms with Gasteiger partial charge >= 0.3 is 17.9 Å². The number of ether oxygens (including phenoxy) is 3. The summed E-state index contributed by atoms with van der Waals surface area (Å²) in [6.07, 6.45) is 76.8. The molecule has 0 aromatic carbocycles. The third-order valence-corrected chi connectivity index (χ3v) is 12.3. The summed E-state index contributed by atoms with van der Waals surface area (Å²) in [7, 11) is 0. The molecular formula is C64H108O6. The van der Waals surface area contributed by atoms with Gasteiger partial charge in [0.25, 0.3) is 0 Å². The Hall–Kier alpha value is -3.67. The lowest BCUT2D eigenvalue weighted by Gasteiger charge is -2.18. The number of esters is 3. The molecule has 0 heterocycles. The molecule has 0 saturated heterocycles. The molecule has 0 aliphatic carbocycles. The molecule has 0 amide bonds. The van der Waals surface area contributed by atoms with Crippen molar-refractivity contribution in [1.29, 1.82) is 0 Å². The fourth-order valence-corrected chi connectivity index (χ4v) is 7.97. The van der Waals surface area contributed by atoms with Crippen molar-refractivity contribution < 1.29 is 28.6 Å². The molecule has 0 bridgehead atoms. The highest BCUT2D eigenvalue weighted by atomic mass is 16.6. The Morgan fingerprint density at radius 1 is 0.300 bits per heavy atom. The van der Waals surface area contributed by atoms with E-state index in [0.717, 1.165) is 128 Å². The molecule has 1 unspecified atom stereocenters. The van der Waals surface area contributed by atoms with Crippen molar-refractivity contribution in [3.63, 3.8) is 0 Å². The van der Waals surface area contributed by atoms with E-state index in [4.69, 9.17) is 14.2 Å². The first kappa shape index (κ1) is 66.3. The Bertz CT molecular complexity index is 1400. The summed E-state index contributed by atoms with van der Waals surface area (Å²) in [6.45, 7) is 6.40. The Labute approximate surface area is 432 Å². The molecule has 0 aliphatic heterocycles. The monoisotopic (exact) mass is 973 g/mol. The van der Waals surface area contributed by atoms with Crippen molar-refractivity contribution in [2.45, 2.75) is 277 Å². The van der Waals surface area contributed by atoms with Crippen molar-refractivity contribution >= 4 is 17.9 Å². The van der Waals surface area contributed by atoms with Crippen LogP contribution in [0.4, 0.5) is 0 Å². The van der Waals surface area contributed by atoms with Crippen molar-refractivity contribution in [2.24, 2.45) is 0 Å². The lowest BCUT2D eigenvalue weighted by atomic mass is 10.1. The molecule has 1 atom stereocenters. The van der Waals surface area contributed by atoms with E-state index < -0.39 is 6.10 Å². The number of carbonyl (C=O) groups is 3. The van der Waals surface area contributed by atoms with Gasteiger partial charge in [-0.25, -0.2) is 0 Å². The zero-order chi connectivity index (χ0) is 50.7. The number of unbranched alkanes of at least 4 members (excludes halogenated alkanes) is 25. The topological polar surface area (TPSA) is 78.9 Å². The molecule has 0 aliphatic rings. The Kier molecular flexibility index (Phi) is 54.9. The third kappa shape index (κ3) is 55.3. The van der Waals surface area contributed by atoms with Gasteiger partial charge in [0.05, 0.1) is 0 Å². The largest absolute Gasteiger partial charge is 0.462 e. The van der Waals surface area contributed by atoms with Crippen molar-refractivity contribution in [1.82, 2.24) is 0 Å². The molecule has 6 heteroatoms. The smallest absolute Gasteiger partial charge is 0.306 e. The molecule has 0 radical (unpaired) electrons. The van der Waals surface area contributed by atoms with Crippen LogP contribution in [0.2, 0.25) is 0 Å². The highest BCUT2D eigenvalue weighted by Gasteiger charge is 2.19. The summed E-state index contributed by atoms with van der Waals surface area (Å²) >= 11 is 0. The quantitative estimate of drug-likeness (QED) is 0.0262. The van der Waals surface area contributed by atoms with Crippen LogP contribution in [0.1, 0.15) is 271 Å². The predicted octanol–water partition coefficient (Wildman–Crippen LogP) is 19.7. The fraction of sp³-hybridized carbons (Fsp3) is 0.703. The Morgan fingerprint density at radius 2 is 0.557 bits per heavy atom. The average molecular weight is 974 g/mol. The molecule has 70 heavy (non-hydrogen) atoms. The lowest BCUT2D eigenvalue weighted by Crippen LogP contribution is -2.30. The van der Waals surface area contributed by atoms with Gasteiger partial charge in [-0.3, -0.25) is 14.4 Å². The summed E-state index contributed by atoms with van der Waals surface area (Å²) in [4.78, 5) is 38.2. The minimum atomic E-state index is -0.794. The summed E-state index contributed by atoms with van der Waals surface area (Å²) in [5.74, 6) is -0.921. The van der Waals surface area contributed by atoms with Crippen molar-refractivity contribution in [3.05, 3.63) is 97.2 Å². The standard InChI is InChI=1S/C64H108O6/c1-4-7-10-13-16-19-22-25-28-30-32-34-36-39-42-45-48-51-54-57-63(66)69-60-61(59-68-62(65)56-53-50-47-44-41-38-27-24-21-18-15-12-9-6-3)70-64(67)58-55-52-49-46-43-40-37-35-33-31-29-26-23-20-17-14-11-8-5-2/h7-8,10-11,16-17,19-20,25-26,28-29,32,34,38,41,61H,4-6,9,12-15,18,21-24,27,30-31,33,35-37,39-40,42-60H2,1-3H3/b10-7-,11-8-,19-16-,20-17-,28-25-,29-26-,34-32-,41-38-. The first-order chi connectivity index (χ1) is 34.5. The molecule has 0 spiro atoms. The lowest BCUT2D eigenvalue weighted by molar-refractivity contribution is -0.167. The van der Waals surface area contributed by atoms with Crippen molar-refractivity contribution in [2.75, 3.05) is 13.2 Å². The Morgan fingerprint density at radius 3 is 0.900 bits per heavy atom.